The summed E-state index contributed by atoms with van der Waals surface area (Å²) < 4.78 is 5.24. The van der Waals surface area contributed by atoms with Gasteiger partial charge in [-0.05, 0) is 31.0 Å². The Balaban J connectivity index is 3.26. The van der Waals surface area contributed by atoms with Crippen LogP contribution in [0.3, 0.4) is 0 Å². The van der Waals surface area contributed by atoms with Crippen LogP contribution in [0.1, 0.15) is 21.5 Å². The van der Waals surface area contributed by atoms with Gasteiger partial charge in [-0.25, -0.2) is 5.06 Å². The number of rotatable bonds is 3. The van der Waals surface area contributed by atoms with Gasteiger partial charge in [-0.2, -0.15) is 0 Å². The molecule has 0 aliphatic heterocycles. The molecule has 4 nitrogen and oxygen atoms in total. The molecule has 0 heterocycles. The van der Waals surface area contributed by atoms with Gasteiger partial charge in [-0.3, -0.25) is 9.63 Å². The van der Waals surface area contributed by atoms with Gasteiger partial charge in [-0.1, -0.05) is 6.07 Å². The quantitative estimate of drug-likeness (QED) is 0.735. The van der Waals surface area contributed by atoms with Crippen LogP contribution >= 0.6 is 0 Å². The molecule has 0 spiro atoms. The zero-order valence-corrected chi connectivity index (χ0v) is 10.3. The molecule has 0 bridgehead atoms. The molecule has 0 radical (unpaired) electrons. The first-order valence-electron chi connectivity index (χ1n) is 4.98. The van der Waals surface area contributed by atoms with Crippen LogP contribution in [0.2, 0.25) is 0 Å². The van der Waals surface area contributed by atoms with Crippen LogP contribution in [0.25, 0.3) is 0 Å². The van der Waals surface area contributed by atoms with Crippen molar-refractivity contribution in [1.82, 2.24) is 5.06 Å². The summed E-state index contributed by atoms with van der Waals surface area (Å²) in [4.78, 5) is 16.9. The van der Waals surface area contributed by atoms with E-state index in [1.54, 1.807) is 20.2 Å². The molecule has 0 aliphatic carbocycles. The average Bonchev–Trinajstić information content (AvgIpc) is 2.26. The van der Waals surface area contributed by atoms with Gasteiger partial charge in [0, 0.05) is 7.05 Å². The Kier molecular flexibility index (Phi) is 3.90. The van der Waals surface area contributed by atoms with E-state index in [0.717, 1.165) is 11.1 Å². The van der Waals surface area contributed by atoms with Gasteiger partial charge < -0.3 is 4.74 Å². The SMILES string of the molecule is COc1c(C)cc(C)cc1C(=O)N(C)OC. The number of aryl methyl sites for hydroxylation is 2. The van der Waals surface area contributed by atoms with Crippen molar-refractivity contribution in [2.75, 3.05) is 21.3 Å². The average molecular weight is 223 g/mol. The summed E-state index contributed by atoms with van der Waals surface area (Å²) in [5, 5.41) is 1.18. The van der Waals surface area contributed by atoms with Gasteiger partial charge in [0.25, 0.3) is 5.91 Å². The first-order valence-corrected chi connectivity index (χ1v) is 4.98. The van der Waals surface area contributed by atoms with Crippen molar-refractivity contribution in [2.24, 2.45) is 0 Å². The molecule has 4 heteroatoms. The van der Waals surface area contributed by atoms with Crippen LogP contribution in [-0.4, -0.2) is 32.2 Å². The Morgan fingerprint density at radius 2 is 1.88 bits per heavy atom. The highest BCUT2D eigenvalue weighted by molar-refractivity contribution is 5.96. The predicted octanol–water partition coefficient (Wildman–Crippen LogP) is 1.95. The maximum atomic E-state index is 12.0. The Morgan fingerprint density at radius 1 is 1.25 bits per heavy atom. The van der Waals surface area contributed by atoms with Crippen LogP contribution in [0.15, 0.2) is 12.1 Å². The van der Waals surface area contributed by atoms with E-state index in [2.05, 4.69) is 0 Å². The third kappa shape index (κ3) is 2.33. The molecule has 16 heavy (non-hydrogen) atoms. The van der Waals surface area contributed by atoms with E-state index in [4.69, 9.17) is 9.57 Å². The Bertz CT molecular complexity index is 401. The first-order chi connectivity index (χ1) is 7.51. The molecular weight excluding hydrogens is 206 g/mol. The maximum absolute atomic E-state index is 12.0. The molecule has 0 aliphatic rings. The monoisotopic (exact) mass is 223 g/mol. The van der Waals surface area contributed by atoms with E-state index < -0.39 is 0 Å². The van der Waals surface area contributed by atoms with Crippen LogP contribution in [0.5, 0.6) is 5.75 Å². The molecule has 0 N–H and O–H groups in total. The number of carbonyl (C=O) groups excluding carboxylic acids is 1. The number of hydrogen-bond acceptors (Lipinski definition) is 3. The lowest BCUT2D eigenvalue weighted by molar-refractivity contribution is -0.0758. The Morgan fingerprint density at radius 3 is 2.38 bits per heavy atom. The summed E-state index contributed by atoms with van der Waals surface area (Å²) in [6.45, 7) is 3.85. The summed E-state index contributed by atoms with van der Waals surface area (Å²) >= 11 is 0. The van der Waals surface area contributed by atoms with Crippen LogP contribution < -0.4 is 4.74 Å². The van der Waals surface area contributed by atoms with Gasteiger partial charge in [0.05, 0.1) is 19.8 Å². The lowest BCUT2D eigenvalue weighted by atomic mass is 10.0. The van der Waals surface area contributed by atoms with Crippen molar-refractivity contribution in [3.63, 3.8) is 0 Å². The van der Waals surface area contributed by atoms with E-state index in [-0.39, 0.29) is 5.91 Å². The molecule has 1 amide bonds. The van der Waals surface area contributed by atoms with Gasteiger partial charge in [0.2, 0.25) is 0 Å². The molecule has 0 aromatic heterocycles. The molecule has 1 rings (SSSR count). The van der Waals surface area contributed by atoms with Crippen molar-refractivity contribution in [2.45, 2.75) is 13.8 Å². The normalized spacial score (nSPS) is 10.1. The summed E-state index contributed by atoms with van der Waals surface area (Å²) in [6, 6.07) is 3.77. The molecule has 0 atom stereocenters. The van der Waals surface area contributed by atoms with Crippen LogP contribution in [-0.2, 0) is 4.84 Å². The van der Waals surface area contributed by atoms with Gasteiger partial charge >= 0.3 is 0 Å². The Hall–Kier alpha value is -1.55. The number of ether oxygens (including phenoxy) is 1. The number of hydrogen-bond donors (Lipinski definition) is 0. The minimum absolute atomic E-state index is 0.217. The largest absolute Gasteiger partial charge is 0.496 e. The topological polar surface area (TPSA) is 38.8 Å². The van der Waals surface area contributed by atoms with E-state index >= 15 is 0 Å². The minimum atomic E-state index is -0.217. The number of carbonyl (C=O) groups is 1. The summed E-state index contributed by atoms with van der Waals surface area (Å²) in [6.07, 6.45) is 0. The predicted molar refractivity (Wildman–Crippen MR) is 61.6 cm³/mol. The van der Waals surface area contributed by atoms with E-state index in [9.17, 15) is 4.79 Å². The smallest absolute Gasteiger partial charge is 0.280 e. The van der Waals surface area contributed by atoms with E-state index in [1.807, 2.05) is 19.9 Å². The zero-order chi connectivity index (χ0) is 12.3. The molecule has 0 fully saturated rings. The second kappa shape index (κ2) is 4.99. The van der Waals surface area contributed by atoms with Crippen LogP contribution in [0, 0.1) is 13.8 Å². The van der Waals surface area contributed by atoms with Gasteiger partial charge in [0.1, 0.15) is 5.75 Å². The number of methoxy groups -OCH3 is 1. The summed E-state index contributed by atoms with van der Waals surface area (Å²) in [7, 11) is 4.58. The summed E-state index contributed by atoms with van der Waals surface area (Å²) in [5.74, 6) is 0.380. The fourth-order valence-corrected chi connectivity index (χ4v) is 1.64. The van der Waals surface area contributed by atoms with E-state index in [0.29, 0.717) is 11.3 Å². The Labute approximate surface area is 95.7 Å². The first kappa shape index (κ1) is 12.5. The van der Waals surface area contributed by atoms with E-state index in [1.165, 1.54) is 12.2 Å². The maximum Gasteiger partial charge on any atom is 0.280 e. The number of hydroxylamine groups is 2. The fourth-order valence-electron chi connectivity index (χ4n) is 1.64. The highest BCUT2D eigenvalue weighted by Gasteiger charge is 2.18. The molecule has 1 aromatic carbocycles. The molecule has 88 valence electrons. The molecule has 0 saturated heterocycles. The van der Waals surface area contributed by atoms with Gasteiger partial charge in [0.15, 0.2) is 0 Å². The molecule has 0 saturated carbocycles. The number of benzene rings is 1. The molecular formula is C12H17NO3. The van der Waals surface area contributed by atoms with Crippen molar-refractivity contribution < 1.29 is 14.4 Å². The van der Waals surface area contributed by atoms with Crippen molar-refractivity contribution in [1.29, 1.82) is 0 Å². The lowest BCUT2D eigenvalue weighted by Crippen LogP contribution is -2.26. The van der Waals surface area contributed by atoms with Crippen molar-refractivity contribution in [3.8, 4) is 5.75 Å². The lowest BCUT2D eigenvalue weighted by Gasteiger charge is -2.17. The third-order valence-electron chi connectivity index (χ3n) is 2.41. The fraction of sp³-hybridized carbons (Fsp3) is 0.417. The molecule has 1 aromatic rings. The second-order valence-corrected chi connectivity index (χ2v) is 3.65. The highest BCUT2D eigenvalue weighted by Crippen LogP contribution is 2.26. The summed E-state index contributed by atoms with van der Waals surface area (Å²) in [5.41, 5.74) is 2.48. The second-order valence-electron chi connectivity index (χ2n) is 3.65. The standard InChI is InChI=1S/C12H17NO3/c1-8-6-9(2)11(15-4)10(7-8)12(14)13(3)16-5/h6-7H,1-5H3. The zero-order valence-electron chi connectivity index (χ0n) is 10.3. The van der Waals surface area contributed by atoms with Gasteiger partial charge in [-0.15, -0.1) is 0 Å². The number of nitrogens with zero attached hydrogens (tertiary/aromatic N) is 1. The molecule has 0 unspecified atom stereocenters. The number of amides is 1. The van der Waals surface area contributed by atoms with Crippen molar-refractivity contribution in [3.05, 3.63) is 28.8 Å². The minimum Gasteiger partial charge on any atom is -0.496 e. The van der Waals surface area contributed by atoms with Crippen molar-refractivity contribution >= 4 is 5.91 Å². The highest BCUT2D eigenvalue weighted by atomic mass is 16.7. The van der Waals surface area contributed by atoms with Crippen LogP contribution in [0.4, 0.5) is 0 Å². The third-order valence-corrected chi connectivity index (χ3v) is 2.41.